The first-order chi connectivity index (χ1) is 5.96. The van der Waals surface area contributed by atoms with Gasteiger partial charge in [0.15, 0.2) is 0 Å². The van der Waals surface area contributed by atoms with Crippen LogP contribution in [0.2, 0.25) is 0 Å². The summed E-state index contributed by atoms with van der Waals surface area (Å²) in [6.45, 7) is 3.80. The number of nitrogens with zero attached hydrogens (tertiary/aromatic N) is 2. The third-order valence-electron chi connectivity index (χ3n) is 2.34. The van der Waals surface area contributed by atoms with Crippen LogP contribution in [-0.4, -0.2) is 35.3 Å². The molecule has 1 heterocycles. The van der Waals surface area contributed by atoms with Gasteiger partial charge in [-0.05, 0) is 27.9 Å². The van der Waals surface area contributed by atoms with Crippen molar-refractivity contribution in [3.05, 3.63) is 16.6 Å². The van der Waals surface area contributed by atoms with Crippen LogP contribution in [0.15, 0.2) is 10.9 Å². The van der Waals surface area contributed by atoms with Crippen LogP contribution in [-0.2, 0) is 0 Å². The number of hydrogen-bond donors (Lipinski definition) is 0. The fraction of sp³-hybridized carbons (Fsp3) is 0.556. The van der Waals surface area contributed by atoms with Gasteiger partial charge in [-0.25, -0.2) is 4.98 Å². The van der Waals surface area contributed by atoms with E-state index in [0.29, 0.717) is 5.69 Å². The van der Waals surface area contributed by atoms with E-state index in [2.05, 4.69) is 4.98 Å². The first-order valence-electron chi connectivity index (χ1n) is 4.06. The Morgan fingerprint density at radius 2 is 2.15 bits per heavy atom. The maximum atomic E-state index is 11.9. The van der Waals surface area contributed by atoms with E-state index in [1.165, 1.54) is 11.3 Å². The summed E-state index contributed by atoms with van der Waals surface area (Å²) in [4.78, 5) is 17.8. The van der Waals surface area contributed by atoms with Gasteiger partial charge in [0.05, 0.1) is 11.0 Å². The molecule has 0 saturated carbocycles. The molecule has 0 bridgehead atoms. The van der Waals surface area contributed by atoms with Crippen molar-refractivity contribution in [3.63, 3.8) is 0 Å². The summed E-state index contributed by atoms with van der Waals surface area (Å²) in [6.07, 6.45) is 0. The molecule has 1 aromatic heterocycles. The Labute approximate surface area is 82.4 Å². The second-order valence-electron chi connectivity index (χ2n) is 3.66. The van der Waals surface area contributed by atoms with E-state index in [9.17, 15) is 4.79 Å². The summed E-state index contributed by atoms with van der Waals surface area (Å²) in [5.74, 6) is 0.0683. The summed E-state index contributed by atoms with van der Waals surface area (Å²) in [5, 5.41) is 1.79. The van der Waals surface area contributed by atoms with E-state index in [4.69, 9.17) is 0 Å². The monoisotopic (exact) mass is 198 g/mol. The van der Waals surface area contributed by atoms with Gasteiger partial charge in [0.1, 0.15) is 5.69 Å². The number of ketones is 1. The molecule has 0 radical (unpaired) electrons. The molecule has 0 aliphatic rings. The Morgan fingerprint density at radius 1 is 1.54 bits per heavy atom. The Balaban J connectivity index is 2.91. The summed E-state index contributed by atoms with van der Waals surface area (Å²) in [7, 11) is 3.79. The number of thiazole rings is 1. The van der Waals surface area contributed by atoms with Crippen LogP contribution >= 0.6 is 11.3 Å². The highest BCUT2D eigenvalue weighted by molar-refractivity contribution is 7.07. The number of hydrogen-bond acceptors (Lipinski definition) is 4. The van der Waals surface area contributed by atoms with Crippen molar-refractivity contribution < 1.29 is 4.79 Å². The predicted molar refractivity (Wildman–Crippen MR) is 54.2 cm³/mol. The van der Waals surface area contributed by atoms with Gasteiger partial charge in [0.2, 0.25) is 5.78 Å². The molecule has 0 unspecified atom stereocenters. The lowest BCUT2D eigenvalue weighted by Gasteiger charge is -2.29. The number of rotatable bonds is 3. The molecule has 0 atom stereocenters. The Hall–Kier alpha value is -0.740. The molecule has 0 N–H and O–H groups in total. The van der Waals surface area contributed by atoms with Gasteiger partial charge in [0.25, 0.3) is 0 Å². The van der Waals surface area contributed by atoms with E-state index < -0.39 is 5.54 Å². The predicted octanol–water partition coefficient (Wildman–Crippen LogP) is 1.67. The average Bonchev–Trinajstić information content (AvgIpc) is 2.54. The lowest BCUT2D eigenvalue weighted by atomic mass is 9.96. The highest BCUT2D eigenvalue weighted by atomic mass is 32.1. The highest BCUT2D eigenvalue weighted by Gasteiger charge is 2.31. The summed E-state index contributed by atoms with van der Waals surface area (Å²) in [6, 6.07) is 0. The molecule has 0 aliphatic carbocycles. The van der Waals surface area contributed by atoms with Gasteiger partial charge >= 0.3 is 0 Å². The number of carbonyl (C=O) groups excluding carboxylic acids is 1. The Bertz CT molecular complexity index is 291. The molecule has 0 fully saturated rings. The molecule has 3 nitrogen and oxygen atoms in total. The Kier molecular flexibility index (Phi) is 2.83. The Morgan fingerprint density at radius 3 is 2.54 bits per heavy atom. The second-order valence-corrected chi connectivity index (χ2v) is 4.37. The zero-order valence-corrected chi connectivity index (χ0v) is 9.18. The highest BCUT2D eigenvalue weighted by Crippen LogP contribution is 2.17. The number of likely N-dealkylation sites (N-methyl/N-ethyl adjacent to an activating group) is 1. The minimum atomic E-state index is -0.478. The van der Waals surface area contributed by atoms with E-state index in [-0.39, 0.29) is 5.78 Å². The molecule has 0 spiro atoms. The summed E-state index contributed by atoms with van der Waals surface area (Å²) >= 11 is 1.45. The lowest BCUT2D eigenvalue weighted by molar-refractivity contribution is 0.0750. The van der Waals surface area contributed by atoms with Crippen molar-refractivity contribution in [2.75, 3.05) is 14.1 Å². The van der Waals surface area contributed by atoms with Crippen LogP contribution in [0.5, 0.6) is 0 Å². The lowest BCUT2D eigenvalue weighted by Crippen LogP contribution is -2.45. The molecule has 0 saturated heterocycles. The van der Waals surface area contributed by atoms with Crippen LogP contribution < -0.4 is 0 Å². The maximum Gasteiger partial charge on any atom is 0.201 e. The molecular weight excluding hydrogens is 184 g/mol. The van der Waals surface area contributed by atoms with E-state index in [1.807, 2.05) is 32.8 Å². The normalized spacial score (nSPS) is 12.1. The largest absolute Gasteiger partial charge is 0.297 e. The van der Waals surface area contributed by atoms with Crippen molar-refractivity contribution in [2.24, 2.45) is 0 Å². The van der Waals surface area contributed by atoms with Crippen LogP contribution in [0.4, 0.5) is 0 Å². The zero-order valence-electron chi connectivity index (χ0n) is 8.37. The van der Waals surface area contributed by atoms with Crippen molar-refractivity contribution in [1.29, 1.82) is 0 Å². The van der Waals surface area contributed by atoms with Crippen LogP contribution in [0.1, 0.15) is 24.3 Å². The van der Waals surface area contributed by atoms with Gasteiger partial charge in [-0.15, -0.1) is 11.3 Å². The minimum absolute atomic E-state index is 0.0683. The second kappa shape index (κ2) is 3.55. The molecule has 4 heteroatoms. The average molecular weight is 198 g/mol. The smallest absolute Gasteiger partial charge is 0.201 e. The standard InChI is InChI=1S/C9H14N2OS/c1-9(2,11(3)4)8(12)7-5-13-6-10-7/h5-6H,1-4H3. The first kappa shape index (κ1) is 10.3. The van der Waals surface area contributed by atoms with Gasteiger partial charge in [-0.1, -0.05) is 0 Å². The van der Waals surface area contributed by atoms with Crippen LogP contribution in [0.25, 0.3) is 0 Å². The maximum absolute atomic E-state index is 11.9. The third-order valence-corrected chi connectivity index (χ3v) is 2.93. The fourth-order valence-electron chi connectivity index (χ4n) is 0.841. The van der Waals surface area contributed by atoms with Gasteiger partial charge in [-0.3, -0.25) is 9.69 Å². The van der Waals surface area contributed by atoms with E-state index in [0.717, 1.165) is 0 Å². The molecular formula is C9H14N2OS. The van der Waals surface area contributed by atoms with Gasteiger partial charge in [0, 0.05) is 5.38 Å². The van der Waals surface area contributed by atoms with Crippen molar-refractivity contribution in [1.82, 2.24) is 9.88 Å². The quantitative estimate of drug-likeness (QED) is 0.693. The molecule has 13 heavy (non-hydrogen) atoms. The summed E-state index contributed by atoms with van der Waals surface area (Å²) in [5.41, 5.74) is 1.76. The number of aromatic nitrogens is 1. The van der Waals surface area contributed by atoms with Gasteiger partial charge in [-0.2, -0.15) is 0 Å². The van der Waals surface area contributed by atoms with Crippen LogP contribution in [0.3, 0.4) is 0 Å². The van der Waals surface area contributed by atoms with Crippen molar-refractivity contribution in [3.8, 4) is 0 Å². The summed E-state index contributed by atoms with van der Waals surface area (Å²) < 4.78 is 0. The molecule has 1 rings (SSSR count). The third kappa shape index (κ3) is 1.95. The fourth-order valence-corrected chi connectivity index (χ4v) is 1.37. The van der Waals surface area contributed by atoms with E-state index in [1.54, 1.807) is 10.9 Å². The molecule has 72 valence electrons. The van der Waals surface area contributed by atoms with E-state index >= 15 is 0 Å². The van der Waals surface area contributed by atoms with Crippen molar-refractivity contribution >= 4 is 17.1 Å². The topological polar surface area (TPSA) is 33.2 Å². The molecule has 0 aliphatic heterocycles. The van der Waals surface area contributed by atoms with Gasteiger partial charge < -0.3 is 0 Å². The molecule has 0 aromatic carbocycles. The minimum Gasteiger partial charge on any atom is -0.297 e. The zero-order chi connectivity index (χ0) is 10.1. The van der Waals surface area contributed by atoms with Crippen molar-refractivity contribution in [2.45, 2.75) is 19.4 Å². The molecule has 0 amide bonds. The SMILES string of the molecule is CN(C)C(C)(C)C(=O)c1cscn1. The number of Topliss-reactive ketones (excluding diaryl/α,β-unsaturated/α-hetero) is 1. The first-order valence-corrected chi connectivity index (χ1v) is 5.01. The molecule has 1 aromatic rings. The number of carbonyl (C=O) groups is 1. The van der Waals surface area contributed by atoms with Crippen LogP contribution in [0, 0.1) is 0 Å².